The van der Waals surface area contributed by atoms with Crippen LogP contribution in [0.15, 0.2) is 78.9 Å². The number of fused-ring (bicyclic) bond motifs is 1. The number of carbonyl (C=O) groups excluding carboxylic acids is 3. The molecule has 4 N–H and O–H groups in total. The van der Waals surface area contributed by atoms with Gasteiger partial charge in [0, 0.05) is 25.4 Å². The van der Waals surface area contributed by atoms with E-state index in [-0.39, 0.29) is 31.2 Å². The Bertz CT molecular complexity index is 1450. The Morgan fingerprint density at radius 3 is 2.47 bits per heavy atom. The SMILES string of the molecule is Cc1ccccc1CNC(=O)[C@@H]1C[C@H](Cl)CN1C(=O)C(O)CC(Cc1ccccc1)C(=O)N[C@H]1c2ccccc2C[C@H]1O. The van der Waals surface area contributed by atoms with Gasteiger partial charge in [-0.05, 0) is 54.0 Å². The van der Waals surface area contributed by atoms with E-state index >= 15 is 0 Å². The molecule has 0 radical (unpaired) electrons. The zero-order valence-electron chi connectivity index (χ0n) is 24.2. The van der Waals surface area contributed by atoms with Crippen molar-refractivity contribution in [1.82, 2.24) is 15.5 Å². The first-order valence-corrected chi connectivity index (χ1v) is 15.2. The zero-order chi connectivity index (χ0) is 30.5. The van der Waals surface area contributed by atoms with E-state index in [2.05, 4.69) is 10.6 Å². The van der Waals surface area contributed by atoms with Gasteiger partial charge in [0.15, 0.2) is 0 Å². The Hall–Kier alpha value is -3.72. The zero-order valence-corrected chi connectivity index (χ0v) is 24.9. The highest BCUT2D eigenvalue weighted by atomic mass is 35.5. The fourth-order valence-electron chi connectivity index (χ4n) is 6.15. The summed E-state index contributed by atoms with van der Waals surface area (Å²) in [5, 5.41) is 27.3. The van der Waals surface area contributed by atoms with E-state index < -0.39 is 41.5 Å². The number of aliphatic hydroxyl groups excluding tert-OH is 2. The van der Waals surface area contributed by atoms with Gasteiger partial charge >= 0.3 is 0 Å². The molecule has 3 aromatic carbocycles. The van der Waals surface area contributed by atoms with Crippen LogP contribution >= 0.6 is 11.6 Å². The van der Waals surface area contributed by atoms with Gasteiger partial charge in [0.25, 0.3) is 5.91 Å². The number of amides is 3. The fraction of sp³-hybridized carbons (Fsp3) is 0.382. The van der Waals surface area contributed by atoms with Gasteiger partial charge in [0.1, 0.15) is 12.1 Å². The molecule has 1 aliphatic carbocycles. The third-order valence-corrected chi connectivity index (χ3v) is 8.86. The second kappa shape index (κ2) is 13.7. The molecular weight excluding hydrogens is 566 g/mol. The Morgan fingerprint density at radius 2 is 1.70 bits per heavy atom. The summed E-state index contributed by atoms with van der Waals surface area (Å²) >= 11 is 6.41. The Morgan fingerprint density at radius 1 is 1.00 bits per heavy atom. The van der Waals surface area contributed by atoms with Crippen molar-refractivity contribution in [3.8, 4) is 0 Å². The molecule has 226 valence electrons. The lowest BCUT2D eigenvalue weighted by atomic mass is 9.91. The van der Waals surface area contributed by atoms with Crippen LogP contribution in [0.1, 0.15) is 46.7 Å². The van der Waals surface area contributed by atoms with Crippen LogP contribution in [0.25, 0.3) is 0 Å². The molecule has 0 aromatic heterocycles. The topological polar surface area (TPSA) is 119 Å². The number of carbonyl (C=O) groups is 3. The van der Waals surface area contributed by atoms with Gasteiger partial charge < -0.3 is 25.7 Å². The molecule has 0 bridgehead atoms. The molecule has 6 atom stereocenters. The van der Waals surface area contributed by atoms with E-state index in [1.807, 2.05) is 85.8 Å². The number of halogens is 1. The molecule has 2 unspecified atom stereocenters. The lowest BCUT2D eigenvalue weighted by molar-refractivity contribution is -0.146. The van der Waals surface area contributed by atoms with Crippen LogP contribution in [0.2, 0.25) is 0 Å². The minimum Gasteiger partial charge on any atom is -0.390 e. The third kappa shape index (κ3) is 7.26. The quantitative estimate of drug-likeness (QED) is 0.266. The summed E-state index contributed by atoms with van der Waals surface area (Å²) in [4.78, 5) is 41.8. The number of alkyl halides is 1. The average Bonchev–Trinajstić information content (AvgIpc) is 3.55. The van der Waals surface area contributed by atoms with Crippen molar-refractivity contribution in [1.29, 1.82) is 0 Å². The first-order valence-electron chi connectivity index (χ1n) is 14.8. The molecule has 43 heavy (non-hydrogen) atoms. The highest BCUT2D eigenvalue weighted by molar-refractivity contribution is 6.21. The number of rotatable bonds is 10. The molecule has 9 heteroatoms. The van der Waals surface area contributed by atoms with Crippen LogP contribution in [-0.4, -0.2) is 63.0 Å². The molecule has 8 nitrogen and oxygen atoms in total. The molecule has 3 aromatic rings. The lowest BCUT2D eigenvalue weighted by Gasteiger charge is -2.28. The van der Waals surface area contributed by atoms with E-state index in [9.17, 15) is 24.6 Å². The van der Waals surface area contributed by atoms with Crippen LogP contribution in [0, 0.1) is 12.8 Å². The predicted octanol–water partition coefficient (Wildman–Crippen LogP) is 3.20. The maximum Gasteiger partial charge on any atom is 0.252 e. The van der Waals surface area contributed by atoms with Gasteiger partial charge in [0.2, 0.25) is 11.8 Å². The number of aliphatic hydroxyl groups is 2. The van der Waals surface area contributed by atoms with E-state index in [4.69, 9.17) is 11.6 Å². The Kier molecular flexibility index (Phi) is 9.80. The minimum atomic E-state index is -1.52. The van der Waals surface area contributed by atoms with Gasteiger partial charge in [-0.1, -0.05) is 78.9 Å². The smallest absolute Gasteiger partial charge is 0.252 e. The number of nitrogens with zero attached hydrogens (tertiary/aromatic N) is 1. The summed E-state index contributed by atoms with van der Waals surface area (Å²) < 4.78 is 0. The molecule has 3 amide bonds. The second-order valence-corrected chi connectivity index (χ2v) is 12.2. The minimum absolute atomic E-state index is 0.125. The molecule has 0 spiro atoms. The van der Waals surface area contributed by atoms with Gasteiger partial charge in [-0.25, -0.2) is 0 Å². The number of aryl methyl sites for hydroxylation is 1. The van der Waals surface area contributed by atoms with E-state index in [1.165, 1.54) is 4.90 Å². The summed E-state index contributed by atoms with van der Waals surface area (Å²) in [6.45, 7) is 2.40. The van der Waals surface area contributed by atoms with E-state index in [1.54, 1.807) is 0 Å². The highest BCUT2D eigenvalue weighted by Crippen LogP contribution is 2.32. The lowest BCUT2D eigenvalue weighted by Crippen LogP contribution is -2.50. The Balaban J connectivity index is 1.28. The summed E-state index contributed by atoms with van der Waals surface area (Å²) in [6.07, 6.45) is -1.44. The number of hydrogen-bond acceptors (Lipinski definition) is 5. The first-order chi connectivity index (χ1) is 20.7. The largest absolute Gasteiger partial charge is 0.390 e. The predicted molar refractivity (Wildman–Crippen MR) is 164 cm³/mol. The summed E-state index contributed by atoms with van der Waals surface area (Å²) in [5.74, 6) is -2.08. The monoisotopic (exact) mass is 603 g/mol. The van der Waals surface area contributed by atoms with Crippen LogP contribution in [0.5, 0.6) is 0 Å². The van der Waals surface area contributed by atoms with Crippen molar-refractivity contribution in [2.75, 3.05) is 6.54 Å². The molecule has 1 saturated heterocycles. The molecule has 1 fully saturated rings. The van der Waals surface area contributed by atoms with Gasteiger partial charge in [-0.3, -0.25) is 14.4 Å². The maximum absolute atomic E-state index is 13.7. The number of hydrogen-bond donors (Lipinski definition) is 4. The first kappa shape index (κ1) is 30.7. The van der Waals surface area contributed by atoms with Gasteiger partial charge in [0.05, 0.1) is 17.5 Å². The molecule has 1 aliphatic heterocycles. The van der Waals surface area contributed by atoms with Crippen LogP contribution in [0.4, 0.5) is 0 Å². The summed E-state index contributed by atoms with van der Waals surface area (Å²) in [7, 11) is 0. The van der Waals surface area contributed by atoms with Crippen molar-refractivity contribution >= 4 is 29.3 Å². The molecule has 5 rings (SSSR count). The third-order valence-electron chi connectivity index (χ3n) is 8.54. The number of benzene rings is 3. The van der Waals surface area contributed by atoms with Crippen molar-refractivity contribution < 1.29 is 24.6 Å². The molecule has 2 aliphatic rings. The normalized spacial score (nSPS) is 22.5. The number of likely N-dealkylation sites (tertiary alicyclic amines) is 1. The average molecular weight is 604 g/mol. The van der Waals surface area contributed by atoms with Gasteiger partial charge in [-0.2, -0.15) is 0 Å². The summed E-state index contributed by atoms with van der Waals surface area (Å²) in [6, 6.07) is 23.3. The van der Waals surface area contributed by atoms with Crippen molar-refractivity contribution in [2.45, 2.75) is 68.8 Å². The standard InChI is InChI=1S/C34H38ClN3O5/c1-21-9-5-6-13-24(21)19-36-33(42)28-18-26(35)20-38(28)34(43)30(40)17-25(15-22-10-3-2-4-11-22)32(41)37-31-27-14-8-7-12-23(27)16-29(31)39/h2-14,25-26,28-31,39-40H,15-20H2,1H3,(H,36,42)(H,37,41)/t25?,26-,28-,29+,30?,31-/m0/s1. The molecular formula is C34H38ClN3O5. The fourth-order valence-corrected chi connectivity index (χ4v) is 6.47. The van der Waals surface area contributed by atoms with Crippen LogP contribution < -0.4 is 10.6 Å². The van der Waals surface area contributed by atoms with Crippen LogP contribution in [-0.2, 0) is 33.8 Å². The summed E-state index contributed by atoms with van der Waals surface area (Å²) in [5.41, 5.74) is 4.74. The van der Waals surface area contributed by atoms with Crippen LogP contribution in [0.3, 0.4) is 0 Å². The Labute approximate surface area is 257 Å². The molecule has 1 heterocycles. The highest BCUT2D eigenvalue weighted by Gasteiger charge is 2.42. The maximum atomic E-state index is 13.7. The van der Waals surface area contributed by atoms with Crippen molar-refractivity contribution in [3.63, 3.8) is 0 Å². The van der Waals surface area contributed by atoms with Crippen molar-refractivity contribution in [3.05, 3.63) is 107 Å². The second-order valence-electron chi connectivity index (χ2n) is 11.6. The van der Waals surface area contributed by atoms with Gasteiger partial charge in [-0.15, -0.1) is 11.6 Å². The number of nitrogens with one attached hydrogen (secondary N) is 2. The van der Waals surface area contributed by atoms with E-state index in [0.29, 0.717) is 19.4 Å². The van der Waals surface area contributed by atoms with Crippen molar-refractivity contribution in [2.24, 2.45) is 5.92 Å². The molecule has 0 saturated carbocycles. The van der Waals surface area contributed by atoms with E-state index in [0.717, 1.165) is 27.8 Å².